The molecule has 0 radical (unpaired) electrons. The molecule has 194 valence electrons. The van der Waals surface area contributed by atoms with Crippen molar-refractivity contribution in [3.63, 3.8) is 0 Å². The highest BCUT2D eigenvalue weighted by atomic mass is 16.6. The molecule has 1 aromatic carbocycles. The van der Waals surface area contributed by atoms with Gasteiger partial charge in [0.15, 0.2) is 11.5 Å². The Kier molecular flexibility index (Phi) is 7.42. The van der Waals surface area contributed by atoms with Gasteiger partial charge in [0.05, 0.1) is 24.1 Å². The predicted octanol–water partition coefficient (Wildman–Crippen LogP) is 3.86. The highest BCUT2D eigenvalue weighted by molar-refractivity contribution is 6.06. The highest BCUT2D eigenvalue weighted by Gasteiger charge is 2.32. The number of amides is 2. The summed E-state index contributed by atoms with van der Waals surface area (Å²) in [5.74, 6) is -0.199. The maximum absolute atomic E-state index is 13.1. The summed E-state index contributed by atoms with van der Waals surface area (Å²) < 4.78 is 11.5. The fraction of sp³-hybridized carbons (Fsp3) is 0.346. The fourth-order valence-corrected chi connectivity index (χ4v) is 3.91. The van der Waals surface area contributed by atoms with Crippen LogP contribution in [0.1, 0.15) is 44.1 Å². The van der Waals surface area contributed by atoms with Crippen LogP contribution in [-0.2, 0) is 4.74 Å². The summed E-state index contributed by atoms with van der Waals surface area (Å²) in [6.07, 6.45) is 5.68. The molecule has 2 aromatic heterocycles. The van der Waals surface area contributed by atoms with Crippen LogP contribution in [0.2, 0.25) is 0 Å². The predicted molar refractivity (Wildman–Crippen MR) is 137 cm³/mol. The van der Waals surface area contributed by atoms with Crippen molar-refractivity contribution in [3.05, 3.63) is 54.6 Å². The van der Waals surface area contributed by atoms with E-state index in [1.165, 1.54) is 24.5 Å². The molecule has 1 aliphatic heterocycles. The van der Waals surface area contributed by atoms with Crippen molar-refractivity contribution in [2.24, 2.45) is 0 Å². The van der Waals surface area contributed by atoms with Gasteiger partial charge in [0, 0.05) is 24.4 Å². The average molecular weight is 507 g/mol. The Morgan fingerprint density at radius 1 is 1.24 bits per heavy atom. The molecule has 1 saturated heterocycles. The van der Waals surface area contributed by atoms with Crippen LogP contribution in [0, 0.1) is 0 Å². The molecular weight excluding hydrogens is 476 g/mol. The minimum Gasteiger partial charge on any atom is -0.508 e. The van der Waals surface area contributed by atoms with Crippen molar-refractivity contribution in [2.45, 2.75) is 45.3 Å². The average Bonchev–Trinajstić information content (AvgIpc) is 3.32. The lowest BCUT2D eigenvalue weighted by Crippen LogP contribution is -2.42. The van der Waals surface area contributed by atoms with E-state index in [4.69, 9.17) is 15.2 Å². The Bertz CT molecular complexity index is 1290. The van der Waals surface area contributed by atoms with Crippen LogP contribution in [-0.4, -0.2) is 61.8 Å². The van der Waals surface area contributed by atoms with Crippen molar-refractivity contribution in [1.82, 2.24) is 19.9 Å². The quantitative estimate of drug-likeness (QED) is 0.452. The molecular formula is C26H30N6O5. The molecule has 1 fully saturated rings. The number of hydrogen-bond donors (Lipinski definition) is 3. The van der Waals surface area contributed by atoms with Gasteiger partial charge in [0.25, 0.3) is 5.91 Å². The number of pyridine rings is 1. The maximum Gasteiger partial charge on any atom is 0.410 e. The second kappa shape index (κ2) is 10.7. The van der Waals surface area contributed by atoms with Crippen LogP contribution in [0.15, 0.2) is 48.9 Å². The number of carbonyl (C=O) groups is 2. The largest absolute Gasteiger partial charge is 0.508 e. The first-order valence-electron chi connectivity index (χ1n) is 11.9. The number of benzene rings is 1. The Balaban J connectivity index is 1.47. The maximum atomic E-state index is 13.1. The van der Waals surface area contributed by atoms with Crippen molar-refractivity contribution in [2.75, 3.05) is 24.2 Å². The van der Waals surface area contributed by atoms with Crippen molar-refractivity contribution >= 4 is 23.5 Å². The third-order valence-electron chi connectivity index (χ3n) is 5.62. The number of nitrogens with one attached hydrogen (secondary N) is 1. The summed E-state index contributed by atoms with van der Waals surface area (Å²) in [5.41, 5.74) is 6.55. The van der Waals surface area contributed by atoms with Gasteiger partial charge in [0.1, 0.15) is 29.4 Å². The number of nitrogen functional groups attached to an aromatic ring is 1. The minimum atomic E-state index is -0.596. The summed E-state index contributed by atoms with van der Waals surface area (Å²) >= 11 is 0. The normalized spacial score (nSPS) is 15.3. The van der Waals surface area contributed by atoms with E-state index in [0.717, 1.165) is 12.8 Å². The zero-order chi connectivity index (χ0) is 26.6. The first kappa shape index (κ1) is 25.7. The van der Waals surface area contributed by atoms with Gasteiger partial charge in [-0.05, 0) is 45.7 Å². The van der Waals surface area contributed by atoms with Crippen LogP contribution >= 0.6 is 0 Å². The van der Waals surface area contributed by atoms with Crippen LogP contribution < -0.4 is 15.8 Å². The molecule has 4 N–H and O–H groups in total. The van der Waals surface area contributed by atoms with Gasteiger partial charge in [-0.1, -0.05) is 12.1 Å². The van der Waals surface area contributed by atoms with Gasteiger partial charge < -0.3 is 30.5 Å². The topological polar surface area (TPSA) is 153 Å². The van der Waals surface area contributed by atoms with Crippen molar-refractivity contribution in [3.8, 4) is 22.8 Å². The summed E-state index contributed by atoms with van der Waals surface area (Å²) in [4.78, 5) is 39.8. The lowest BCUT2D eigenvalue weighted by molar-refractivity contribution is 0.0187. The molecule has 1 unspecified atom stereocenters. The van der Waals surface area contributed by atoms with Gasteiger partial charge in [-0.15, -0.1) is 0 Å². The van der Waals surface area contributed by atoms with Gasteiger partial charge in [-0.2, -0.15) is 0 Å². The number of likely N-dealkylation sites (tertiary alicyclic amines) is 1. The zero-order valence-corrected chi connectivity index (χ0v) is 21.0. The van der Waals surface area contributed by atoms with E-state index in [9.17, 15) is 14.7 Å². The Morgan fingerprint density at radius 2 is 2.05 bits per heavy atom. The summed E-state index contributed by atoms with van der Waals surface area (Å²) in [5, 5.41) is 12.5. The summed E-state index contributed by atoms with van der Waals surface area (Å²) in [6.45, 7) is 6.30. The molecule has 1 atom stereocenters. The van der Waals surface area contributed by atoms with Crippen molar-refractivity contribution in [1.29, 1.82) is 0 Å². The second-order valence-corrected chi connectivity index (χ2v) is 9.65. The van der Waals surface area contributed by atoms with Crippen LogP contribution in [0.4, 0.5) is 16.3 Å². The molecule has 11 nitrogen and oxygen atoms in total. The molecule has 4 rings (SSSR count). The number of nitrogens with zero attached hydrogens (tertiary/aromatic N) is 4. The van der Waals surface area contributed by atoms with E-state index in [2.05, 4.69) is 20.3 Å². The SMILES string of the molecule is CC(C)(C)OC(=O)N1CCCC1COc1ccncc1NC(=O)c1nc(-c2cccc(O)c2)cnc1N. The number of aromatic nitrogens is 3. The van der Waals surface area contributed by atoms with Gasteiger partial charge in [0.2, 0.25) is 0 Å². The number of nitrogens with two attached hydrogens (primary N) is 1. The van der Waals surface area contributed by atoms with E-state index >= 15 is 0 Å². The number of carbonyl (C=O) groups excluding carboxylic acids is 2. The summed E-state index contributed by atoms with van der Waals surface area (Å²) in [7, 11) is 0. The number of rotatable bonds is 6. The fourth-order valence-electron chi connectivity index (χ4n) is 3.91. The standard InChI is InChI=1S/C26H30N6O5/c1-26(2,3)37-25(35)32-11-5-7-17(32)15-36-21-9-10-28-13-20(21)31-24(34)22-23(27)29-14-19(30-22)16-6-4-8-18(33)12-16/h4,6,8-10,12-14,17,33H,5,7,11,15H2,1-3H3,(H2,27,29)(H,31,34). The first-order chi connectivity index (χ1) is 17.6. The lowest BCUT2D eigenvalue weighted by Gasteiger charge is -2.28. The van der Waals surface area contributed by atoms with Gasteiger partial charge >= 0.3 is 6.09 Å². The van der Waals surface area contributed by atoms with Crippen LogP contribution in [0.25, 0.3) is 11.3 Å². The van der Waals surface area contributed by atoms with Crippen LogP contribution in [0.3, 0.4) is 0 Å². The third kappa shape index (κ3) is 6.43. The van der Waals surface area contributed by atoms with Gasteiger partial charge in [-0.3, -0.25) is 9.78 Å². The van der Waals surface area contributed by atoms with E-state index < -0.39 is 11.5 Å². The Hall–Kier alpha value is -4.41. The monoisotopic (exact) mass is 506 g/mol. The third-order valence-corrected chi connectivity index (χ3v) is 5.62. The van der Waals surface area contributed by atoms with Crippen molar-refractivity contribution < 1.29 is 24.2 Å². The molecule has 0 saturated carbocycles. The molecule has 1 aliphatic rings. The number of aromatic hydroxyl groups is 1. The van der Waals surface area contributed by atoms with Gasteiger partial charge in [-0.25, -0.2) is 14.8 Å². The number of phenols is 1. The second-order valence-electron chi connectivity index (χ2n) is 9.65. The Labute approximate surface area is 214 Å². The zero-order valence-electron chi connectivity index (χ0n) is 21.0. The number of anilines is 2. The molecule has 0 spiro atoms. The minimum absolute atomic E-state index is 0.0493. The van der Waals surface area contributed by atoms with E-state index in [1.54, 1.807) is 29.3 Å². The van der Waals surface area contributed by atoms with Crippen LogP contribution in [0.5, 0.6) is 11.5 Å². The summed E-state index contributed by atoms with van der Waals surface area (Å²) in [6, 6.07) is 7.91. The highest BCUT2D eigenvalue weighted by Crippen LogP contribution is 2.27. The number of phenolic OH excluding ortho intramolecular Hbond substituents is 1. The Morgan fingerprint density at radius 3 is 2.81 bits per heavy atom. The molecule has 0 bridgehead atoms. The lowest BCUT2D eigenvalue weighted by atomic mass is 10.1. The smallest absolute Gasteiger partial charge is 0.410 e. The molecule has 0 aliphatic carbocycles. The number of ether oxygens (including phenoxy) is 2. The molecule has 37 heavy (non-hydrogen) atoms. The molecule has 2 amide bonds. The molecule has 11 heteroatoms. The van der Waals surface area contributed by atoms with E-state index in [0.29, 0.717) is 29.2 Å². The van der Waals surface area contributed by atoms with E-state index in [1.807, 2.05) is 20.8 Å². The van der Waals surface area contributed by atoms with E-state index in [-0.39, 0.29) is 36.0 Å². The molecule has 3 heterocycles. The first-order valence-corrected chi connectivity index (χ1v) is 11.9. The number of hydrogen-bond acceptors (Lipinski definition) is 9. The molecule has 3 aromatic rings.